The van der Waals surface area contributed by atoms with Gasteiger partial charge in [0.05, 0.1) is 11.7 Å². The molecule has 4 N–H and O–H groups in total. The van der Waals surface area contributed by atoms with Crippen molar-refractivity contribution in [3.8, 4) is 5.75 Å². The van der Waals surface area contributed by atoms with Gasteiger partial charge in [0.2, 0.25) is 11.1 Å². The summed E-state index contributed by atoms with van der Waals surface area (Å²) in [5, 5.41) is 37.8. The Morgan fingerprint density at radius 1 is 1.26 bits per heavy atom. The van der Waals surface area contributed by atoms with Crippen LogP contribution in [-0.2, 0) is 21.4 Å². The Labute approximate surface area is 274 Å². The molecule has 0 spiro atoms. The minimum absolute atomic E-state index is 0. The Morgan fingerprint density at radius 2 is 1.98 bits per heavy atom. The second kappa shape index (κ2) is 13.3. The molecular weight excluding hydrogens is 611 g/mol. The van der Waals surface area contributed by atoms with Gasteiger partial charge < -0.3 is 30.6 Å². The number of carboxylic acid groups (broad SMARTS) is 1. The summed E-state index contributed by atoms with van der Waals surface area (Å²) in [6.45, 7) is 1.65. The van der Waals surface area contributed by atoms with Crippen molar-refractivity contribution < 1.29 is 58.9 Å². The van der Waals surface area contributed by atoms with Gasteiger partial charge in [0.25, 0.3) is 11.8 Å². The smallest absolute Gasteiger partial charge is 0.543 e. The number of β-lactam (4-membered cyclic amide) rings is 1. The second-order valence-electron chi connectivity index (χ2n) is 9.40. The Kier molecular flexibility index (Phi) is 10.0. The van der Waals surface area contributed by atoms with Gasteiger partial charge in [-0.05, 0) is 40.6 Å². The van der Waals surface area contributed by atoms with Crippen LogP contribution in [0.5, 0.6) is 5.75 Å². The number of carbonyl (C=O) groups is 4. The molecule has 0 aliphatic carbocycles. The Morgan fingerprint density at radius 3 is 2.60 bits per heavy atom. The Bertz CT molecular complexity index is 1680. The van der Waals surface area contributed by atoms with E-state index in [-0.39, 0.29) is 63.6 Å². The quantitative estimate of drug-likeness (QED) is 0.0997. The molecule has 18 heteroatoms. The number of hydrogen-bond acceptors (Lipinski definition) is 12. The monoisotopic (exact) mass is 634 g/mol. The number of nitrogens with zero attached hydrogens (tertiary/aromatic N) is 5. The molecule has 218 valence electrons. The first-order valence-corrected chi connectivity index (χ1v) is 14.4. The first kappa shape index (κ1) is 32.3. The van der Waals surface area contributed by atoms with E-state index in [1.54, 1.807) is 14.0 Å². The van der Waals surface area contributed by atoms with Crippen molar-refractivity contribution in [2.75, 3.05) is 11.5 Å². The number of aromatic amines is 1. The van der Waals surface area contributed by atoms with Crippen molar-refractivity contribution in [3.63, 3.8) is 0 Å². The molecule has 1 saturated heterocycles. The number of phenols is 1. The van der Waals surface area contributed by atoms with Crippen LogP contribution in [0.25, 0.3) is 0 Å². The topological polar surface area (TPSA) is 215 Å². The van der Waals surface area contributed by atoms with Gasteiger partial charge in [-0.3, -0.25) is 24.1 Å². The molecule has 1 fully saturated rings. The van der Waals surface area contributed by atoms with E-state index in [0.717, 1.165) is 4.90 Å². The largest absolute Gasteiger partial charge is 1.00 e. The summed E-state index contributed by atoms with van der Waals surface area (Å²) in [4.78, 5) is 67.9. The van der Waals surface area contributed by atoms with Gasteiger partial charge in [0, 0.05) is 36.5 Å². The van der Waals surface area contributed by atoms with Crippen LogP contribution in [0.3, 0.4) is 0 Å². The summed E-state index contributed by atoms with van der Waals surface area (Å²) in [5.74, 6) is -3.42. The van der Waals surface area contributed by atoms with Crippen LogP contribution >= 0.6 is 23.5 Å². The molecule has 5 rings (SSSR count). The van der Waals surface area contributed by atoms with Gasteiger partial charge in [-0.25, -0.2) is 4.68 Å². The Hall–Kier alpha value is -3.64. The molecule has 4 heterocycles. The number of aliphatic carboxylic acids is 1. The molecule has 3 aromatic rings. The third-order valence-corrected chi connectivity index (χ3v) is 9.00. The average molecular weight is 635 g/mol. The number of carboxylic acids is 1. The molecule has 3 amide bonds. The van der Waals surface area contributed by atoms with Gasteiger partial charge in [0.1, 0.15) is 28.8 Å². The molecule has 2 aromatic heterocycles. The maximum Gasteiger partial charge on any atom is 1.00 e. The van der Waals surface area contributed by atoms with Gasteiger partial charge in [-0.1, -0.05) is 23.9 Å². The molecule has 43 heavy (non-hydrogen) atoms. The fourth-order valence-corrected chi connectivity index (χ4v) is 6.78. The number of rotatable bonds is 9. The van der Waals surface area contributed by atoms with Crippen LogP contribution in [-0.4, -0.2) is 81.8 Å². The second-order valence-corrected chi connectivity index (χ2v) is 11.4. The van der Waals surface area contributed by atoms with Crippen molar-refractivity contribution in [2.24, 2.45) is 7.05 Å². The predicted octanol–water partition coefficient (Wildman–Crippen LogP) is -4.42. The first-order chi connectivity index (χ1) is 20.0. The number of fused-ring (bicyclic) bond motifs is 1. The standard InChI is InChI=1S/C25H24N8O7S2.Na/c1-11-7-16(35)15(8-26-11)20(36)27-17(12-3-5-14(34)6-4-12)21(37)28-18-22(38)33-19(24(39)40)13(9-41-23(18)33)10-42-25-29-30-31-32(25)2;/h3-8,17-18,23,34H,9-10H2,1-2H3,(H,26,35)(H,27,36)(H,28,37)(H,39,40);/q;+1/p-1/t17?,18-,23-;/m1./s1. The van der Waals surface area contributed by atoms with Crippen LogP contribution in [0.2, 0.25) is 0 Å². The van der Waals surface area contributed by atoms with E-state index in [1.807, 2.05) is 0 Å². The number of carbonyl (C=O) groups excluding carboxylic acids is 4. The number of tetrazole rings is 1. The maximum atomic E-state index is 13.5. The minimum Gasteiger partial charge on any atom is -0.543 e. The molecule has 1 unspecified atom stereocenters. The maximum absolute atomic E-state index is 13.5. The SMILES string of the molecule is Cc1cc(=O)c(C(=O)NC(C(=O)N[C@@H]2C(=O)N3C(C(=O)[O-])=C(CSc4nnnn4C)CS[C@H]23)c2ccc(O)cc2)c[nH]1.[Na+]. The normalized spacial score (nSPS) is 18.2. The van der Waals surface area contributed by atoms with E-state index in [0.29, 0.717) is 16.4 Å². The van der Waals surface area contributed by atoms with E-state index >= 15 is 0 Å². The number of thioether (sulfide) groups is 2. The summed E-state index contributed by atoms with van der Waals surface area (Å²) in [5.41, 5.74) is 0.216. The van der Waals surface area contributed by atoms with Gasteiger partial charge >= 0.3 is 29.6 Å². The summed E-state index contributed by atoms with van der Waals surface area (Å²) in [6, 6.07) is 4.27. The summed E-state index contributed by atoms with van der Waals surface area (Å²) in [6.07, 6.45) is 1.23. The van der Waals surface area contributed by atoms with E-state index in [2.05, 4.69) is 31.1 Å². The molecule has 15 nitrogen and oxygen atoms in total. The third-order valence-electron chi connectivity index (χ3n) is 6.56. The molecule has 0 saturated carbocycles. The minimum atomic E-state index is -1.53. The van der Waals surface area contributed by atoms with Crippen LogP contribution in [0.15, 0.2) is 57.7 Å². The number of phenolic OH excluding ortho intramolecular Hbond substituents is 1. The molecular formula is C25H23N8NaO7S2. The van der Waals surface area contributed by atoms with Gasteiger partial charge in [-0.2, -0.15) is 0 Å². The first-order valence-electron chi connectivity index (χ1n) is 12.4. The zero-order chi connectivity index (χ0) is 30.1. The van der Waals surface area contributed by atoms with E-state index < -0.39 is 46.6 Å². The molecule has 3 atom stereocenters. The van der Waals surface area contributed by atoms with Crippen molar-refractivity contribution >= 4 is 47.2 Å². The third kappa shape index (κ3) is 6.65. The van der Waals surface area contributed by atoms with E-state index in [9.17, 15) is 34.2 Å². The fourth-order valence-electron chi connectivity index (χ4n) is 4.44. The number of H-pyrrole nitrogens is 1. The number of aryl methyl sites for hydroxylation is 2. The summed E-state index contributed by atoms with van der Waals surface area (Å²) < 4.78 is 1.43. The van der Waals surface area contributed by atoms with Crippen molar-refractivity contribution in [3.05, 3.63) is 74.8 Å². The molecule has 2 aliphatic heterocycles. The summed E-state index contributed by atoms with van der Waals surface area (Å²) >= 11 is 2.47. The Balaban J connectivity index is 0.00000423. The summed E-state index contributed by atoms with van der Waals surface area (Å²) in [7, 11) is 1.64. The van der Waals surface area contributed by atoms with Crippen molar-refractivity contribution in [1.29, 1.82) is 0 Å². The molecule has 2 aliphatic rings. The van der Waals surface area contributed by atoms with Gasteiger partial charge in [-0.15, -0.1) is 16.9 Å². The number of benzene rings is 1. The van der Waals surface area contributed by atoms with Crippen molar-refractivity contribution in [2.45, 2.75) is 29.5 Å². The molecule has 0 bridgehead atoms. The fraction of sp³-hybridized carbons (Fsp3) is 0.280. The van der Waals surface area contributed by atoms with Crippen LogP contribution in [0.1, 0.15) is 27.7 Å². The predicted molar refractivity (Wildman–Crippen MR) is 147 cm³/mol. The van der Waals surface area contributed by atoms with Crippen LogP contribution < -0.4 is 50.7 Å². The van der Waals surface area contributed by atoms with Crippen LogP contribution in [0, 0.1) is 6.92 Å². The number of aromatic hydroxyl groups is 1. The van der Waals surface area contributed by atoms with E-state index in [4.69, 9.17) is 0 Å². The van der Waals surface area contributed by atoms with Gasteiger partial charge in [0.15, 0.2) is 5.43 Å². The zero-order valence-electron chi connectivity index (χ0n) is 23.1. The molecule has 0 radical (unpaired) electrons. The molecule has 1 aromatic carbocycles. The van der Waals surface area contributed by atoms with E-state index in [1.165, 1.54) is 64.7 Å². The number of aromatic nitrogens is 5. The number of hydrogen-bond donors (Lipinski definition) is 4. The zero-order valence-corrected chi connectivity index (χ0v) is 26.7. The number of nitrogens with one attached hydrogen (secondary N) is 3. The van der Waals surface area contributed by atoms with Crippen LogP contribution in [0.4, 0.5) is 0 Å². The number of pyridine rings is 1. The number of amides is 3. The average Bonchev–Trinajstić information content (AvgIpc) is 3.37. The van der Waals surface area contributed by atoms with Crippen molar-refractivity contribution in [1.82, 2.24) is 40.7 Å².